The smallest absolute Gasteiger partial charge is 0.416 e. The number of hydrogen-bond donors (Lipinski definition) is 3. The van der Waals surface area contributed by atoms with E-state index in [4.69, 9.17) is 17.3 Å². The zero-order valence-corrected chi connectivity index (χ0v) is 29.1. The zero-order chi connectivity index (χ0) is 38.0. The second-order valence-corrected chi connectivity index (χ2v) is 12.4. The van der Waals surface area contributed by atoms with E-state index in [2.05, 4.69) is 30.2 Å². The number of amides is 2. The summed E-state index contributed by atoms with van der Waals surface area (Å²) in [7, 11) is 0. The molecule has 3 aromatic heterocycles. The molecular formula is C35H32ClF3N10O4. The number of halogens is 4. The number of anilines is 2. The summed E-state index contributed by atoms with van der Waals surface area (Å²) in [5.41, 5.74) is 6.64. The SMILES string of the molecule is CCc1c(N2CCN(C(=O)c3ncnc(C)c3O)CC2)c(=O)nc(/N=C(\N)c2ccc3ncccc3c2)n1CC(=O)Nc1ccc(C(F)(F)F)cc1Cl. The van der Waals surface area contributed by atoms with Crippen LogP contribution >= 0.6 is 11.6 Å². The Balaban J connectivity index is 1.35. The molecule has 53 heavy (non-hydrogen) atoms. The minimum absolute atomic E-state index is 0.00673. The summed E-state index contributed by atoms with van der Waals surface area (Å²) in [5, 5.41) is 13.4. The highest BCUT2D eigenvalue weighted by molar-refractivity contribution is 6.33. The molecule has 18 heteroatoms. The molecule has 4 heterocycles. The number of nitrogens with two attached hydrogens (primary N) is 1. The van der Waals surface area contributed by atoms with Gasteiger partial charge in [0.25, 0.3) is 11.5 Å². The first kappa shape index (κ1) is 36.7. The van der Waals surface area contributed by atoms with Crippen molar-refractivity contribution in [3.63, 3.8) is 0 Å². The number of carbonyl (C=O) groups is 2. The first-order valence-electron chi connectivity index (χ1n) is 16.3. The quantitative estimate of drug-likeness (QED) is 0.151. The Morgan fingerprint density at radius 1 is 1.06 bits per heavy atom. The fraction of sp³-hybridized carbons (Fsp3) is 0.257. The van der Waals surface area contributed by atoms with Gasteiger partial charge in [-0.05, 0) is 55.8 Å². The number of rotatable bonds is 8. The third-order valence-electron chi connectivity index (χ3n) is 8.66. The number of amidine groups is 1. The fourth-order valence-corrected chi connectivity index (χ4v) is 6.17. The van der Waals surface area contributed by atoms with Gasteiger partial charge in [-0.15, -0.1) is 0 Å². The van der Waals surface area contributed by atoms with E-state index >= 15 is 0 Å². The molecule has 6 rings (SSSR count). The van der Waals surface area contributed by atoms with E-state index in [0.717, 1.165) is 23.0 Å². The van der Waals surface area contributed by atoms with Crippen molar-refractivity contribution < 1.29 is 27.9 Å². The molecule has 1 saturated heterocycles. The van der Waals surface area contributed by atoms with Crippen LogP contribution < -0.4 is 21.5 Å². The standard InChI is InChI=1S/C35H32ClF3N10O4/c1-3-26-29(47-11-13-48(14-12-47)33(53)28-30(51)19(2)42-18-43-28)32(52)46-34(45-31(40)21-6-8-24-20(15-21)5-4-10-41-24)49(26)17-27(50)44-25-9-7-22(16-23(25)36)35(37,38)39/h4-10,15-16,18,51H,3,11-14,17H2,1-2H3,(H,44,50)(H2,40,45,46,52). The van der Waals surface area contributed by atoms with Crippen molar-refractivity contribution in [1.29, 1.82) is 0 Å². The Kier molecular flexibility index (Phi) is 10.3. The number of carbonyl (C=O) groups excluding carboxylic acids is 2. The number of nitrogens with zero attached hydrogens (tertiary/aromatic N) is 8. The van der Waals surface area contributed by atoms with Crippen molar-refractivity contribution in [1.82, 2.24) is 29.4 Å². The molecular weight excluding hydrogens is 717 g/mol. The van der Waals surface area contributed by atoms with E-state index < -0.39 is 35.7 Å². The molecule has 1 aliphatic rings. The van der Waals surface area contributed by atoms with Crippen LogP contribution in [0.4, 0.5) is 30.5 Å². The largest absolute Gasteiger partial charge is 0.504 e. The van der Waals surface area contributed by atoms with Crippen molar-refractivity contribution >= 4 is 57.5 Å². The van der Waals surface area contributed by atoms with Crippen LogP contribution in [-0.2, 0) is 23.9 Å². The Labute approximate surface area is 304 Å². The van der Waals surface area contributed by atoms with E-state index in [9.17, 15) is 32.7 Å². The first-order chi connectivity index (χ1) is 25.2. The lowest BCUT2D eigenvalue weighted by molar-refractivity contribution is -0.137. The number of aromatic hydroxyl groups is 1. The summed E-state index contributed by atoms with van der Waals surface area (Å²) < 4.78 is 41.1. The normalized spacial score (nSPS) is 13.7. The van der Waals surface area contributed by atoms with Crippen LogP contribution in [0.2, 0.25) is 5.02 Å². The van der Waals surface area contributed by atoms with Crippen LogP contribution in [0.1, 0.15) is 39.9 Å². The number of alkyl halides is 3. The van der Waals surface area contributed by atoms with Crippen molar-refractivity contribution in [3.8, 4) is 5.75 Å². The van der Waals surface area contributed by atoms with Crippen molar-refractivity contribution in [2.75, 3.05) is 36.4 Å². The van der Waals surface area contributed by atoms with Crippen LogP contribution in [0, 0.1) is 6.92 Å². The van der Waals surface area contributed by atoms with Gasteiger partial charge in [-0.2, -0.15) is 23.1 Å². The maximum Gasteiger partial charge on any atom is 0.416 e. The van der Waals surface area contributed by atoms with E-state index in [-0.39, 0.29) is 77.9 Å². The average molecular weight is 749 g/mol. The monoisotopic (exact) mass is 748 g/mol. The second-order valence-electron chi connectivity index (χ2n) is 12.0. The molecule has 2 amide bonds. The number of benzene rings is 2. The van der Waals surface area contributed by atoms with Gasteiger partial charge in [-0.25, -0.2) is 9.97 Å². The summed E-state index contributed by atoms with van der Waals surface area (Å²) in [6.45, 7) is 3.58. The molecule has 14 nitrogen and oxygen atoms in total. The van der Waals surface area contributed by atoms with E-state index in [1.165, 1.54) is 15.8 Å². The van der Waals surface area contributed by atoms with Gasteiger partial charge >= 0.3 is 6.18 Å². The number of fused-ring (bicyclic) bond motifs is 1. The van der Waals surface area contributed by atoms with Crippen LogP contribution in [0.15, 0.2) is 70.8 Å². The zero-order valence-electron chi connectivity index (χ0n) is 28.4. The van der Waals surface area contributed by atoms with E-state index in [1.807, 2.05) is 6.07 Å². The van der Waals surface area contributed by atoms with E-state index in [0.29, 0.717) is 17.3 Å². The van der Waals surface area contributed by atoms with Crippen LogP contribution in [0.3, 0.4) is 0 Å². The fourth-order valence-electron chi connectivity index (χ4n) is 5.94. The van der Waals surface area contributed by atoms with E-state index in [1.54, 1.807) is 49.2 Å². The Hall–Kier alpha value is -6.10. The molecule has 274 valence electrons. The van der Waals surface area contributed by atoms with Gasteiger partial charge in [-0.3, -0.25) is 19.4 Å². The molecule has 0 radical (unpaired) electrons. The maximum atomic E-state index is 13.8. The maximum absolute atomic E-state index is 13.8. The molecule has 2 aromatic carbocycles. The lowest BCUT2D eigenvalue weighted by Gasteiger charge is -2.36. The Morgan fingerprint density at radius 2 is 1.81 bits per heavy atom. The van der Waals surface area contributed by atoms with Crippen molar-refractivity contribution in [2.45, 2.75) is 33.0 Å². The number of hydrogen-bond acceptors (Lipinski definition) is 10. The minimum atomic E-state index is -4.63. The molecule has 1 fully saturated rings. The minimum Gasteiger partial charge on any atom is -0.504 e. The molecule has 0 atom stereocenters. The van der Waals surface area contributed by atoms with Gasteiger partial charge in [0.1, 0.15) is 24.4 Å². The average Bonchev–Trinajstić information content (AvgIpc) is 3.13. The highest BCUT2D eigenvalue weighted by Crippen LogP contribution is 2.34. The lowest BCUT2D eigenvalue weighted by Crippen LogP contribution is -2.50. The summed E-state index contributed by atoms with van der Waals surface area (Å²) in [5.74, 6) is -1.70. The predicted molar refractivity (Wildman–Crippen MR) is 192 cm³/mol. The number of aromatic nitrogens is 5. The van der Waals surface area contributed by atoms with Crippen molar-refractivity contribution in [2.24, 2.45) is 10.7 Å². The topological polar surface area (TPSA) is 185 Å². The van der Waals surface area contributed by atoms with Crippen LogP contribution in [0.5, 0.6) is 5.75 Å². The molecule has 0 unspecified atom stereocenters. The van der Waals surface area contributed by atoms with Gasteiger partial charge in [-0.1, -0.05) is 24.6 Å². The number of pyridine rings is 1. The third kappa shape index (κ3) is 7.74. The lowest BCUT2D eigenvalue weighted by atomic mass is 10.1. The van der Waals surface area contributed by atoms with Gasteiger partial charge in [0.2, 0.25) is 11.9 Å². The van der Waals surface area contributed by atoms with Crippen molar-refractivity contribution in [3.05, 3.63) is 105 Å². The van der Waals surface area contributed by atoms with Gasteiger partial charge < -0.3 is 30.5 Å². The van der Waals surface area contributed by atoms with Crippen LogP contribution in [-0.4, -0.2) is 78.3 Å². The Bertz CT molecular complexity index is 2320. The molecule has 5 aromatic rings. The summed E-state index contributed by atoms with van der Waals surface area (Å²) in [6.07, 6.45) is -1.57. The van der Waals surface area contributed by atoms with Crippen LogP contribution in [0.25, 0.3) is 10.9 Å². The molecule has 1 aliphatic heterocycles. The number of piperazine rings is 1. The highest BCUT2D eigenvalue weighted by atomic mass is 35.5. The number of nitrogens with one attached hydrogen (secondary N) is 1. The molecule has 0 saturated carbocycles. The molecule has 4 N–H and O–H groups in total. The molecule has 0 bridgehead atoms. The number of aryl methyl sites for hydroxylation is 1. The second kappa shape index (κ2) is 14.9. The summed E-state index contributed by atoms with van der Waals surface area (Å²) in [4.78, 5) is 64.6. The molecule has 0 aliphatic carbocycles. The van der Waals surface area contributed by atoms with Gasteiger partial charge in [0.15, 0.2) is 11.4 Å². The Morgan fingerprint density at radius 3 is 2.51 bits per heavy atom. The van der Waals surface area contributed by atoms with Gasteiger partial charge in [0.05, 0.1) is 33.2 Å². The molecule has 0 spiro atoms. The summed E-state index contributed by atoms with van der Waals surface area (Å²) >= 11 is 6.11. The third-order valence-corrected chi connectivity index (χ3v) is 8.97. The summed E-state index contributed by atoms with van der Waals surface area (Å²) in [6, 6.07) is 11.4. The number of aliphatic imine (C=N–C) groups is 1. The highest BCUT2D eigenvalue weighted by Gasteiger charge is 2.32. The van der Waals surface area contributed by atoms with Gasteiger partial charge in [0, 0.05) is 43.3 Å². The predicted octanol–water partition coefficient (Wildman–Crippen LogP) is 4.47. The first-order valence-corrected chi connectivity index (χ1v) is 16.7.